The Labute approximate surface area is 146 Å². The number of aromatic nitrogens is 1. The molecular formula is C19H22N2O4. The predicted molar refractivity (Wildman–Crippen MR) is 95.7 cm³/mol. The van der Waals surface area contributed by atoms with Gasteiger partial charge in [-0.05, 0) is 49.2 Å². The van der Waals surface area contributed by atoms with Crippen molar-refractivity contribution >= 4 is 17.6 Å². The summed E-state index contributed by atoms with van der Waals surface area (Å²) in [4.78, 5) is 35.6. The number of aryl methyl sites for hydroxylation is 1. The van der Waals surface area contributed by atoms with E-state index < -0.39 is 0 Å². The van der Waals surface area contributed by atoms with Crippen molar-refractivity contribution < 1.29 is 14.3 Å². The molecule has 2 aromatic rings. The van der Waals surface area contributed by atoms with E-state index >= 15 is 0 Å². The van der Waals surface area contributed by atoms with Gasteiger partial charge in [0.25, 0.3) is 5.56 Å². The monoisotopic (exact) mass is 342 g/mol. The van der Waals surface area contributed by atoms with Crippen molar-refractivity contribution in [1.29, 1.82) is 0 Å². The number of nitrogens with zero attached hydrogens (tertiary/aromatic N) is 1. The zero-order chi connectivity index (χ0) is 18.2. The van der Waals surface area contributed by atoms with E-state index in [1.165, 1.54) is 10.6 Å². The normalized spacial score (nSPS) is 10.3. The van der Waals surface area contributed by atoms with Crippen LogP contribution in [0.15, 0.2) is 47.4 Å². The lowest BCUT2D eigenvalue weighted by Gasteiger charge is -2.08. The van der Waals surface area contributed by atoms with Gasteiger partial charge >= 0.3 is 5.97 Å². The number of anilines is 1. The zero-order valence-corrected chi connectivity index (χ0v) is 14.5. The number of hydrogen-bond acceptors (Lipinski definition) is 4. The number of amides is 1. The van der Waals surface area contributed by atoms with Gasteiger partial charge in [-0.25, -0.2) is 4.79 Å². The molecule has 2 rings (SSSR count). The van der Waals surface area contributed by atoms with Crippen molar-refractivity contribution in [2.75, 3.05) is 11.9 Å². The molecule has 1 N–H and O–H groups in total. The second-order valence-electron chi connectivity index (χ2n) is 5.79. The van der Waals surface area contributed by atoms with Gasteiger partial charge in [0.2, 0.25) is 5.91 Å². The number of rotatable bonds is 7. The van der Waals surface area contributed by atoms with Crippen LogP contribution < -0.4 is 10.9 Å². The van der Waals surface area contributed by atoms with E-state index in [0.29, 0.717) is 17.9 Å². The summed E-state index contributed by atoms with van der Waals surface area (Å²) in [7, 11) is 0. The maximum Gasteiger partial charge on any atom is 0.338 e. The number of benzene rings is 1. The van der Waals surface area contributed by atoms with Crippen molar-refractivity contribution in [3.63, 3.8) is 0 Å². The van der Waals surface area contributed by atoms with Crippen LogP contribution in [-0.2, 0) is 16.1 Å². The molecule has 6 heteroatoms. The van der Waals surface area contributed by atoms with Crippen LogP contribution in [0.4, 0.5) is 5.69 Å². The first-order chi connectivity index (χ1) is 12.0. The number of hydrogen-bond donors (Lipinski definition) is 1. The summed E-state index contributed by atoms with van der Waals surface area (Å²) in [5, 5.41) is 2.70. The fraction of sp³-hybridized carbons (Fsp3) is 0.316. The fourth-order valence-electron chi connectivity index (χ4n) is 2.17. The number of unbranched alkanes of at least 4 members (excludes halogenated alkanes) is 1. The molecule has 1 aromatic heterocycles. The summed E-state index contributed by atoms with van der Waals surface area (Å²) in [5.74, 6) is -0.693. The molecule has 0 fully saturated rings. The van der Waals surface area contributed by atoms with E-state index in [0.717, 1.165) is 18.4 Å². The molecule has 1 heterocycles. The Morgan fingerprint density at radius 1 is 1.16 bits per heavy atom. The summed E-state index contributed by atoms with van der Waals surface area (Å²) < 4.78 is 6.46. The Hall–Kier alpha value is -2.89. The summed E-state index contributed by atoms with van der Waals surface area (Å²) in [6, 6.07) is 9.71. The highest BCUT2D eigenvalue weighted by Gasteiger charge is 2.08. The minimum atomic E-state index is -0.377. The van der Waals surface area contributed by atoms with Crippen molar-refractivity contribution in [2.45, 2.75) is 33.2 Å². The third-order valence-corrected chi connectivity index (χ3v) is 3.60. The summed E-state index contributed by atoms with van der Waals surface area (Å²) >= 11 is 0. The van der Waals surface area contributed by atoms with Gasteiger partial charge in [-0.15, -0.1) is 0 Å². The van der Waals surface area contributed by atoms with E-state index in [2.05, 4.69) is 5.32 Å². The number of nitrogens with one attached hydrogen (secondary N) is 1. The standard InChI is InChI=1S/C19H22N2O4/c1-3-4-11-25-19(24)15-5-7-16(8-6-15)20-17(22)13-21-10-9-14(2)12-18(21)23/h5-10,12H,3-4,11,13H2,1-2H3,(H,20,22). The van der Waals surface area contributed by atoms with Crippen molar-refractivity contribution in [2.24, 2.45) is 0 Å². The quantitative estimate of drug-likeness (QED) is 0.620. The Morgan fingerprint density at radius 3 is 2.52 bits per heavy atom. The van der Waals surface area contributed by atoms with E-state index in [-0.39, 0.29) is 24.0 Å². The molecule has 6 nitrogen and oxygen atoms in total. The molecule has 1 amide bonds. The van der Waals surface area contributed by atoms with E-state index in [9.17, 15) is 14.4 Å². The van der Waals surface area contributed by atoms with Crippen LogP contribution in [0.5, 0.6) is 0 Å². The fourth-order valence-corrected chi connectivity index (χ4v) is 2.17. The van der Waals surface area contributed by atoms with Crippen LogP contribution in [0.3, 0.4) is 0 Å². The molecule has 132 valence electrons. The minimum absolute atomic E-state index is 0.0695. The number of esters is 1. The summed E-state index contributed by atoms with van der Waals surface area (Å²) in [5.41, 5.74) is 1.61. The average molecular weight is 342 g/mol. The van der Waals surface area contributed by atoms with Crippen LogP contribution in [0.1, 0.15) is 35.7 Å². The van der Waals surface area contributed by atoms with Crippen molar-refractivity contribution in [3.8, 4) is 0 Å². The highest BCUT2D eigenvalue weighted by atomic mass is 16.5. The van der Waals surface area contributed by atoms with Crippen LogP contribution in [0.25, 0.3) is 0 Å². The van der Waals surface area contributed by atoms with Gasteiger partial charge in [0, 0.05) is 18.0 Å². The highest BCUT2D eigenvalue weighted by molar-refractivity contribution is 5.93. The molecule has 1 aromatic carbocycles. The zero-order valence-electron chi connectivity index (χ0n) is 14.5. The Balaban J connectivity index is 1.93. The molecule has 25 heavy (non-hydrogen) atoms. The van der Waals surface area contributed by atoms with Gasteiger partial charge in [0.15, 0.2) is 0 Å². The lowest BCUT2D eigenvalue weighted by Crippen LogP contribution is -2.26. The van der Waals surface area contributed by atoms with Gasteiger partial charge in [0.05, 0.1) is 12.2 Å². The van der Waals surface area contributed by atoms with Gasteiger partial charge in [-0.1, -0.05) is 13.3 Å². The van der Waals surface area contributed by atoms with E-state index in [4.69, 9.17) is 4.74 Å². The molecule has 0 aliphatic heterocycles. The molecule has 0 spiro atoms. The Morgan fingerprint density at radius 2 is 1.88 bits per heavy atom. The molecule has 0 aliphatic rings. The molecule has 0 aliphatic carbocycles. The molecule has 0 bridgehead atoms. The summed E-state index contributed by atoms with van der Waals surface area (Å²) in [6.07, 6.45) is 3.38. The largest absolute Gasteiger partial charge is 0.462 e. The van der Waals surface area contributed by atoms with Crippen LogP contribution in [-0.4, -0.2) is 23.1 Å². The molecule has 0 atom stereocenters. The number of carbonyl (C=O) groups is 2. The van der Waals surface area contributed by atoms with Crippen LogP contribution in [0.2, 0.25) is 0 Å². The Kier molecular flexibility index (Phi) is 6.51. The van der Waals surface area contributed by atoms with Gasteiger partial charge in [-0.2, -0.15) is 0 Å². The molecule has 0 unspecified atom stereocenters. The van der Waals surface area contributed by atoms with Crippen LogP contribution >= 0.6 is 0 Å². The third kappa shape index (κ3) is 5.60. The lowest BCUT2D eigenvalue weighted by atomic mass is 10.2. The first-order valence-corrected chi connectivity index (χ1v) is 8.23. The molecule has 0 saturated heterocycles. The number of ether oxygens (including phenoxy) is 1. The second kappa shape index (κ2) is 8.82. The SMILES string of the molecule is CCCCOC(=O)c1ccc(NC(=O)Cn2ccc(C)cc2=O)cc1. The predicted octanol–water partition coefficient (Wildman–Crippen LogP) is 2.75. The maximum atomic E-state index is 12.0. The topological polar surface area (TPSA) is 77.4 Å². The van der Waals surface area contributed by atoms with Crippen molar-refractivity contribution in [3.05, 3.63) is 64.1 Å². The van der Waals surface area contributed by atoms with E-state index in [1.54, 1.807) is 36.5 Å². The van der Waals surface area contributed by atoms with Crippen molar-refractivity contribution in [1.82, 2.24) is 4.57 Å². The molecular weight excluding hydrogens is 320 g/mol. The first kappa shape index (κ1) is 18.4. The number of pyridine rings is 1. The number of carbonyl (C=O) groups excluding carboxylic acids is 2. The maximum absolute atomic E-state index is 12.0. The van der Waals surface area contributed by atoms with Gasteiger partial charge in [0.1, 0.15) is 6.54 Å². The molecule has 0 saturated carbocycles. The smallest absolute Gasteiger partial charge is 0.338 e. The third-order valence-electron chi connectivity index (χ3n) is 3.60. The van der Waals surface area contributed by atoms with E-state index in [1.807, 2.05) is 13.8 Å². The minimum Gasteiger partial charge on any atom is -0.462 e. The lowest BCUT2D eigenvalue weighted by molar-refractivity contribution is -0.116. The summed E-state index contributed by atoms with van der Waals surface area (Å²) in [6.45, 7) is 4.18. The van der Waals surface area contributed by atoms with Gasteiger partial charge < -0.3 is 14.6 Å². The molecule has 0 radical (unpaired) electrons. The average Bonchev–Trinajstić information content (AvgIpc) is 2.58. The van der Waals surface area contributed by atoms with Crippen LogP contribution in [0, 0.1) is 6.92 Å². The Bertz CT molecular complexity index is 794. The van der Waals surface area contributed by atoms with Gasteiger partial charge in [-0.3, -0.25) is 9.59 Å². The highest BCUT2D eigenvalue weighted by Crippen LogP contribution is 2.11. The first-order valence-electron chi connectivity index (χ1n) is 8.23. The second-order valence-corrected chi connectivity index (χ2v) is 5.79.